The van der Waals surface area contributed by atoms with Gasteiger partial charge in [0.1, 0.15) is 6.33 Å². The third-order valence-corrected chi connectivity index (χ3v) is 2.59. The molecule has 0 amide bonds. The topological polar surface area (TPSA) is 70.5 Å². The van der Waals surface area contributed by atoms with Crippen LogP contribution >= 0.6 is 0 Å². The van der Waals surface area contributed by atoms with Gasteiger partial charge in [-0.2, -0.15) is 0 Å². The predicted molar refractivity (Wildman–Crippen MR) is 76.9 cm³/mol. The van der Waals surface area contributed by atoms with Crippen LogP contribution in [0.25, 0.3) is 0 Å². The maximum Gasteiger partial charge on any atom is 0.204 e. The summed E-state index contributed by atoms with van der Waals surface area (Å²) in [6.07, 6.45) is 1.50. The molecule has 1 heterocycles. The summed E-state index contributed by atoms with van der Waals surface area (Å²) < 4.78 is 5.42. The smallest absolute Gasteiger partial charge is 0.204 e. The summed E-state index contributed by atoms with van der Waals surface area (Å²) in [5.74, 6) is 1.97. The van der Waals surface area contributed by atoms with Crippen molar-refractivity contribution in [2.45, 2.75) is 33.3 Å². The van der Waals surface area contributed by atoms with Gasteiger partial charge in [0.05, 0.1) is 12.7 Å². The SMILES string of the molecule is CCNc1ncnc(N(CC)CC(C)(C)O)c1OC. The van der Waals surface area contributed by atoms with Crippen molar-refractivity contribution >= 4 is 11.6 Å². The number of hydrogen-bond acceptors (Lipinski definition) is 6. The second-order valence-corrected chi connectivity index (χ2v) is 4.94. The highest BCUT2D eigenvalue weighted by Gasteiger charge is 2.22. The molecule has 0 aromatic carbocycles. The standard InChI is InChI=1S/C13H24N4O2/c1-6-14-11-10(19-5)12(16-9-15-11)17(7-2)8-13(3,4)18/h9,18H,6-8H2,1-5H3,(H,14,15,16). The van der Waals surface area contributed by atoms with Gasteiger partial charge in [0.15, 0.2) is 11.6 Å². The van der Waals surface area contributed by atoms with E-state index in [4.69, 9.17) is 4.74 Å². The van der Waals surface area contributed by atoms with Crippen LogP contribution in [0.3, 0.4) is 0 Å². The minimum absolute atomic E-state index is 0.475. The minimum Gasteiger partial charge on any atom is -0.490 e. The Bertz CT molecular complexity index is 404. The molecular weight excluding hydrogens is 244 g/mol. The van der Waals surface area contributed by atoms with E-state index in [2.05, 4.69) is 15.3 Å². The Morgan fingerprint density at radius 3 is 2.53 bits per heavy atom. The molecule has 6 nitrogen and oxygen atoms in total. The second-order valence-electron chi connectivity index (χ2n) is 4.94. The molecule has 0 radical (unpaired) electrons. The van der Waals surface area contributed by atoms with Crippen molar-refractivity contribution in [3.63, 3.8) is 0 Å². The third-order valence-electron chi connectivity index (χ3n) is 2.59. The van der Waals surface area contributed by atoms with E-state index in [1.165, 1.54) is 6.33 Å². The highest BCUT2D eigenvalue weighted by Crippen LogP contribution is 2.32. The van der Waals surface area contributed by atoms with Crippen LogP contribution in [0.4, 0.5) is 11.6 Å². The zero-order chi connectivity index (χ0) is 14.5. The number of nitrogens with zero attached hydrogens (tertiary/aromatic N) is 3. The highest BCUT2D eigenvalue weighted by atomic mass is 16.5. The first-order chi connectivity index (χ1) is 8.92. The molecule has 0 aliphatic rings. The van der Waals surface area contributed by atoms with Gasteiger partial charge >= 0.3 is 0 Å². The number of methoxy groups -OCH3 is 1. The summed E-state index contributed by atoms with van der Waals surface area (Å²) >= 11 is 0. The summed E-state index contributed by atoms with van der Waals surface area (Å²) in [6.45, 7) is 9.51. The molecule has 6 heteroatoms. The first kappa shape index (κ1) is 15.5. The molecular formula is C13H24N4O2. The van der Waals surface area contributed by atoms with Crippen LogP contribution < -0.4 is 15.0 Å². The minimum atomic E-state index is -0.801. The van der Waals surface area contributed by atoms with Crippen LogP contribution in [-0.2, 0) is 0 Å². The van der Waals surface area contributed by atoms with Crippen molar-refractivity contribution in [1.29, 1.82) is 0 Å². The van der Waals surface area contributed by atoms with Crippen LogP contribution in [0.2, 0.25) is 0 Å². The monoisotopic (exact) mass is 268 g/mol. The number of ether oxygens (including phenoxy) is 1. The lowest BCUT2D eigenvalue weighted by molar-refractivity contribution is 0.0873. The Labute approximate surface area is 114 Å². The number of aromatic nitrogens is 2. The van der Waals surface area contributed by atoms with Gasteiger partial charge in [-0.25, -0.2) is 9.97 Å². The van der Waals surface area contributed by atoms with Gasteiger partial charge in [-0.05, 0) is 27.7 Å². The maximum absolute atomic E-state index is 9.98. The van der Waals surface area contributed by atoms with Crippen LogP contribution in [-0.4, -0.2) is 47.4 Å². The van der Waals surface area contributed by atoms with Gasteiger partial charge in [0.25, 0.3) is 0 Å². The molecule has 0 bridgehead atoms. The molecule has 0 saturated heterocycles. The number of anilines is 2. The fourth-order valence-corrected chi connectivity index (χ4v) is 1.87. The van der Waals surface area contributed by atoms with E-state index in [1.54, 1.807) is 21.0 Å². The van der Waals surface area contributed by atoms with Crippen LogP contribution in [0.1, 0.15) is 27.7 Å². The van der Waals surface area contributed by atoms with Crippen LogP contribution in [0, 0.1) is 0 Å². The third kappa shape index (κ3) is 4.24. The van der Waals surface area contributed by atoms with E-state index in [9.17, 15) is 5.11 Å². The molecule has 1 aromatic heterocycles. The lowest BCUT2D eigenvalue weighted by Gasteiger charge is -2.30. The van der Waals surface area contributed by atoms with Gasteiger partial charge in [-0.3, -0.25) is 0 Å². The molecule has 0 spiro atoms. The Kier molecular flexibility index (Phi) is 5.35. The molecule has 1 aromatic rings. The molecule has 1 rings (SSSR count). The summed E-state index contributed by atoms with van der Waals surface area (Å²) in [7, 11) is 1.60. The fraction of sp³-hybridized carbons (Fsp3) is 0.692. The first-order valence-electron chi connectivity index (χ1n) is 6.53. The molecule has 0 aliphatic carbocycles. The number of aliphatic hydroxyl groups is 1. The van der Waals surface area contributed by atoms with Gasteiger partial charge in [0.2, 0.25) is 5.75 Å². The largest absolute Gasteiger partial charge is 0.490 e. The van der Waals surface area contributed by atoms with Gasteiger partial charge in [-0.1, -0.05) is 0 Å². The van der Waals surface area contributed by atoms with Gasteiger partial charge in [0, 0.05) is 19.6 Å². The lowest BCUT2D eigenvalue weighted by atomic mass is 10.1. The number of hydrogen-bond donors (Lipinski definition) is 2. The summed E-state index contributed by atoms with van der Waals surface area (Å²) in [6, 6.07) is 0. The normalized spacial score (nSPS) is 11.3. The Balaban J connectivity index is 3.12. The van der Waals surface area contributed by atoms with Gasteiger partial charge in [-0.15, -0.1) is 0 Å². The molecule has 0 fully saturated rings. The molecule has 0 saturated carbocycles. The molecule has 0 atom stereocenters. The van der Waals surface area contributed by atoms with Crippen LogP contribution in [0.5, 0.6) is 5.75 Å². The van der Waals surface area contributed by atoms with Crippen molar-refractivity contribution in [2.75, 3.05) is 37.0 Å². The molecule has 108 valence electrons. The Morgan fingerprint density at radius 1 is 1.37 bits per heavy atom. The van der Waals surface area contributed by atoms with E-state index < -0.39 is 5.60 Å². The predicted octanol–water partition coefficient (Wildman–Crippen LogP) is 1.51. The van der Waals surface area contributed by atoms with E-state index in [0.717, 1.165) is 13.1 Å². The van der Waals surface area contributed by atoms with Crippen molar-refractivity contribution in [3.05, 3.63) is 6.33 Å². The number of likely N-dealkylation sites (N-methyl/N-ethyl adjacent to an activating group) is 1. The summed E-state index contributed by atoms with van der Waals surface area (Å²) in [5.41, 5.74) is -0.801. The molecule has 0 unspecified atom stereocenters. The van der Waals surface area contributed by atoms with Crippen molar-refractivity contribution in [1.82, 2.24) is 9.97 Å². The number of nitrogens with one attached hydrogen (secondary N) is 1. The van der Waals surface area contributed by atoms with Crippen molar-refractivity contribution in [2.24, 2.45) is 0 Å². The average molecular weight is 268 g/mol. The Morgan fingerprint density at radius 2 is 2.05 bits per heavy atom. The van der Waals surface area contributed by atoms with Gasteiger partial charge < -0.3 is 20.1 Å². The van der Waals surface area contributed by atoms with E-state index in [0.29, 0.717) is 23.9 Å². The molecule has 2 N–H and O–H groups in total. The van der Waals surface area contributed by atoms with Crippen molar-refractivity contribution < 1.29 is 9.84 Å². The number of rotatable bonds is 7. The van der Waals surface area contributed by atoms with E-state index >= 15 is 0 Å². The fourth-order valence-electron chi connectivity index (χ4n) is 1.87. The average Bonchev–Trinajstić information content (AvgIpc) is 2.35. The molecule has 0 aliphatic heterocycles. The second kappa shape index (κ2) is 6.56. The highest BCUT2D eigenvalue weighted by molar-refractivity contribution is 5.64. The zero-order valence-electron chi connectivity index (χ0n) is 12.4. The van der Waals surface area contributed by atoms with E-state index in [1.807, 2.05) is 18.7 Å². The van der Waals surface area contributed by atoms with Crippen molar-refractivity contribution in [3.8, 4) is 5.75 Å². The first-order valence-corrected chi connectivity index (χ1v) is 6.53. The van der Waals surface area contributed by atoms with E-state index in [-0.39, 0.29) is 0 Å². The van der Waals surface area contributed by atoms with Crippen LogP contribution in [0.15, 0.2) is 6.33 Å². The Hall–Kier alpha value is -1.56. The maximum atomic E-state index is 9.98. The lowest BCUT2D eigenvalue weighted by Crippen LogP contribution is -2.39. The quantitative estimate of drug-likeness (QED) is 0.781. The summed E-state index contributed by atoms with van der Waals surface area (Å²) in [5, 5.41) is 13.1. The molecule has 19 heavy (non-hydrogen) atoms. The zero-order valence-corrected chi connectivity index (χ0v) is 12.4. The summed E-state index contributed by atoms with van der Waals surface area (Å²) in [4.78, 5) is 10.4.